The van der Waals surface area contributed by atoms with Gasteiger partial charge in [0.05, 0.1) is 6.54 Å². The van der Waals surface area contributed by atoms with E-state index < -0.39 is 0 Å². The van der Waals surface area contributed by atoms with Crippen LogP contribution in [0.5, 0.6) is 0 Å². The summed E-state index contributed by atoms with van der Waals surface area (Å²) in [5.74, 6) is 0. The first-order valence-corrected chi connectivity index (χ1v) is 4.47. The molecule has 1 atom stereocenters. The molecule has 0 amide bonds. The van der Waals surface area contributed by atoms with Crippen LogP contribution in [0.3, 0.4) is 0 Å². The van der Waals surface area contributed by atoms with Gasteiger partial charge < -0.3 is 10.3 Å². The van der Waals surface area contributed by atoms with Crippen molar-refractivity contribution in [2.45, 2.75) is 19.3 Å². The molecule has 0 spiro atoms. The molecule has 0 saturated heterocycles. The Kier molecular flexibility index (Phi) is 2.11. The largest absolute Gasteiger partial charge is 0.629 e. The molecule has 0 bridgehead atoms. The maximum atomic E-state index is 11.2. The number of allylic oxidation sites excluding steroid dienone is 5. The van der Waals surface area contributed by atoms with Gasteiger partial charge in [0.15, 0.2) is 0 Å². The Balaban J connectivity index is 2.28. The predicted octanol–water partition coefficient (Wildman–Crippen LogP) is 0.933. The lowest BCUT2D eigenvalue weighted by Gasteiger charge is -2.15. The standard InChI is InChI=1S/C10H13NO/c12-11-7-3-6-9-4-1-2-5-10(9)8-11/h2,4-5,8,11H,1,3,6-7H2. The predicted molar refractivity (Wildman–Crippen MR) is 48.4 cm³/mol. The summed E-state index contributed by atoms with van der Waals surface area (Å²) >= 11 is 0. The molecule has 2 aliphatic rings. The maximum absolute atomic E-state index is 11.2. The van der Waals surface area contributed by atoms with Gasteiger partial charge in [-0.3, -0.25) is 0 Å². The molecular formula is C10H13NO. The fourth-order valence-corrected chi connectivity index (χ4v) is 1.72. The van der Waals surface area contributed by atoms with E-state index in [4.69, 9.17) is 0 Å². The van der Waals surface area contributed by atoms with Crippen molar-refractivity contribution < 1.29 is 5.06 Å². The van der Waals surface area contributed by atoms with Crippen LogP contribution in [0.1, 0.15) is 19.3 Å². The van der Waals surface area contributed by atoms with Crippen LogP contribution in [0.2, 0.25) is 0 Å². The number of nitrogens with one attached hydrogen (secondary N) is 1. The number of quaternary nitrogens is 1. The highest BCUT2D eigenvalue weighted by Crippen LogP contribution is 2.22. The summed E-state index contributed by atoms with van der Waals surface area (Å²) in [6.07, 6.45) is 11.3. The molecule has 0 aromatic heterocycles. The normalized spacial score (nSPS) is 28.6. The molecule has 0 aromatic rings. The molecule has 1 aliphatic carbocycles. The Morgan fingerprint density at radius 1 is 1.42 bits per heavy atom. The molecule has 2 rings (SSSR count). The van der Waals surface area contributed by atoms with E-state index in [9.17, 15) is 5.21 Å². The Hall–Kier alpha value is -0.860. The van der Waals surface area contributed by atoms with Crippen LogP contribution >= 0.6 is 0 Å². The second kappa shape index (κ2) is 3.25. The maximum Gasteiger partial charge on any atom is 0.102 e. The third-order valence-corrected chi connectivity index (χ3v) is 2.35. The molecular weight excluding hydrogens is 150 g/mol. The quantitative estimate of drug-likeness (QED) is 0.529. The lowest BCUT2D eigenvalue weighted by molar-refractivity contribution is -0.791. The zero-order valence-electron chi connectivity index (χ0n) is 7.05. The first-order chi connectivity index (χ1) is 5.86. The molecule has 0 saturated carbocycles. The molecule has 64 valence electrons. The highest BCUT2D eigenvalue weighted by molar-refractivity contribution is 5.42. The average molecular weight is 163 g/mol. The summed E-state index contributed by atoms with van der Waals surface area (Å²) < 4.78 is 0. The molecule has 1 N–H and O–H groups in total. The van der Waals surface area contributed by atoms with Crippen molar-refractivity contribution >= 4 is 0 Å². The van der Waals surface area contributed by atoms with Crippen LogP contribution < -0.4 is 5.06 Å². The van der Waals surface area contributed by atoms with Crippen LogP contribution in [-0.4, -0.2) is 6.54 Å². The van der Waals surface area contributed by atoms with Crippen LogP contribution in [0, 0.1) is 5.21 Å². The average Bonchev–Trinajstić information content (AvgIpc) is 2.25. The Morgan fingerprint density at radius 2 is 2.33 bits per heavy atom. The van der Waals surface area contributed by atoms with E-state index in [0.717, 1.165) is 24.8 Å². The van der Waals surface area contributed by atoms with Crippen molar-refractivity contribution in [1.29, 1.82) is 0 Å². The van der Waals surface area contributed by atoms with Gasteiger partial charge in [-0.15, -0.1) is 0 Å². The summed E-state index contributed by atoms with van der Waals surface area (Å²) in [5.41, 5.74) is 2.51. The van der Waals surface area contributed by atoms with E-state index in [2.05, 4.69) is 18.2 Å². The molecule has 12 heavy (non-hydrogen) atoms. The fraction of sp³-hybridized carbons (Fsp3) is 0.400. The number of fused-ring (bicyclic) bond motifs is 1. The smallest absolute Gasteiger partial charge is 0.102 e. The Morgan fingerprint density at radius 3 is 3.25 bits per heavy atom. The molecule has 2 heteroatoms. The van der Waals surface area contributed by atoms with Gasteiger partial charge in [-0.1, -0.05) is 18.2 Å². The summed E-state index contributed by atoms with van der Waals surface area (Å²) in [6.45, 7) is 0.717. The minimum atomic E-state index is 0.278. The number of hydroxylamine groups is 2. The van der Waals surface area contributed by atoms with Crippen LogP contribution in [0.25, 0.3) is 0 Å². The molecule has 0 radical (unpaired) electrons. The van der Waals surface area contributed by atoms with Crippen LogP contribution in [-0.2, 0) is 0 Å². The van der Waals surface area contributed by atoms with E-state index in [1.807, 2.05) is 0 Å². The van der Waals surface area contributed by atoms with Gasteiger partial charge in [0, 0.05) is 12.0 Å². The highest BCUT2D eigenvalue weighted by atomic mass is 16.5. The summed E-state index contributed by atoms with van der Waals surface area (Å²) in [7, 11) is 0. The first-order valence-electron chi connectivity index (χ1n) is 4.47. The molecule has 1 heterocycles. The van der Waals surface area contributed by atoms with Crippen molar-refractivity contribution in [2.24, 2.45) is 0 Å². The Labute approximate surface area is 72.5 Å². The monoisotopic (exact) mass is 163 g/mol. The minimum absolute atomic E-state index is 0.278. The Bertz CT molecular complexity index is 263. The number of rotatable bonds is 0. The minimum Gasteiger partial charge on any atom is -0.629 e. The van der Waals surface area contributed by atoms with E-state index in [1.54, 1.807) is 6.20 Å². The van der Waals surface area contributed by atoms with E-state index in [-0.39, 0.29) is 5.06 Å². The lowest BCUT2D eigenvalue weighted by Crippen LogP contribution is -3.02. The second-order valence-electron chi connectivity index (χ2n) is 3.29. The lowest BCUT2D eigenvalue weighted by atomic mass is 9.97. The summed E-state index contributed by atoms with van der Waals surface area (Å²) in [6, 6.07) is 0. The van der Waals surface area contributed by atoms with Crippen LogP contribution in [0.15, 0.2) is 35.6 Å². The third kappa shape index (κ3) is 1.49. The summed E-state index contributed by atoms with van der Waals surface area (Å²) in [4.78, 5) is 0. The van der Waals surface area contributed by atoms with E-state index in [1.165, 1.54) is 5.57 Å². The molecule has 1 unspecified atom stereocenters. The van der Waals surface area contributed by atoms with E-state index in [0.29, 0.717) is 6.54 Å². The van der Waals surface area contributed by atoms with Gasteiger partial charge in [0.1, 0.15) is 6.20 Å². The van der Waals surface area contributed by atoms with Crippen molar-refractivity contribution in [3.05, 3.63) is 40.8 Å². The highest BCUT2D eigenvalue weighted by Gasteiger charge is 2.11. The van der Waals surface area contributed by atoms with Gasteiger partial charge in [-0.05, 0) is 18.4 Å². The van der Waals surface area contributed by atoms with Crippen molar-refractivity contribution in [3.8, 4) is 0 Å². The van der Waals surface area contributed by atoms with Crippen LogP contribution in [0.4, 0.5) is 0 Å². The zero-order valence-corrected chi connectivity index (χ0v) is 7.05. The summed E-state index contributed by atoms with van der Waals surface area (Å²) in [5, 5.41) is 11.5. The molecule has 0 aromatic carbocycles. The van der Waals surface area contributed by atoms with Gasteiger partial charge in [0.2, 0.25) is 0 Å². The molecule has 0 fully saturated rings. The van der Waals surface area contributed by atoms with Crippen molar-refractivity contribution in [3.63, 3.8) is 0 Å². The van der Waals surface area contributed by atoms with Gasteiger partial charge in [-0.25, -0.2) is 0 Å². The van der Waals surface area contributed by atoms with Gasteiger partial charge in [-0.2, -0.15) is 0 Å². The third-order valence-electron chi connectivity index (χ3n) is 2.35. The fourth-order valence-electron chi connectivity index (χ4n) is 1.72. The second-order valence-corrected chi connectivity index (χ2v) is 3.29. The molecule has 1 aliphatic heterocycles. The van der Waals surface area contributed by atoms with Gasteiger partial charge in [0.25, 0.3) is 0 Å². The zero-order chi connectivity index (χ0) is 8.39. The van der Waals surface area contributed by atoms with Crippen molar-refractivity contribution in [1.82, 2.24) is 0 Å². The van der Waals surface area contributed by atoms with Gasteiger partial charge >= 0.3 is 0 Å². The first kappa shape index (κ1) is 7.77. The molecule has 2 nitrogen and oxygen atoms in total. The topological polar surface area (TPSA) is 27.5 Å². The number of hydrogen-bond acceptors (Lipinski definition) is 1. The SMILES string of the molecule is [O-][NH+]1C=C2C=CCC=C2CCC1. The number of hydrogen-bond donors (Lipinski definition) is 1. The van der Waals surface area contributed by atoms with E-state index >= 15 is 0 Å². The van der Waals surface area contributed by atoms with Crippen molar-refractivity contribution in [2.75, 3.05) is 6.54 Å².